The van der Waals surface area contributed by atoms with Crippen LogP contribution in [0.15, 0.2) is 85.2 Å². The highest BCUT2D eigenvalue weighted by atomic mass is 16.5. The number of nitrogens with zero attached hydrogens (tertiary/aromatic N) is 3. The third-order valence-electron chi connectivity index (χ3n) is 6.47. The normalized spacial score (nSPS) is 11.1. The molecule has 0 saturated heterocycles. The molecule has 0 atom stereocenters. The van der Waals surface area contributed by atoms with Crippen LogP contribution < -0.4 is 10.5 Å². The Hall–Kier alpha value is -4.45. The molecule has 6 nitrogen and oxygen atoms in total. The number of pyridine rings is 1. The van der Waals surface area contributed by atoms with Crippen molar-refractivity contribution in [2.45, 2.75) is 33.4 Å². The van der Waals surface area contributed by atoms with Gasteiger partial charge in [0.25, 0.3) is 0 Å². The summed E-state index contributed by atoms with van der Waals surface area (Å²) in [6.45, 7) is 5.31. The van der Waals surface area contributed by atoms with E-state index in [2.05, 4.69) is 59.8 Å². The molecule has 0 saturated carbocycles. The Kier molecular flexibility index (Phi) is 6.50. The van der Waals surface area contributed by atoms with E-state index in [-0.39, 0.29) is 12.3 Å². The molecule has 36 heavy (non-hydrogen) atoms. The molecular formula is C30H28N4O2. The third-order valence-corrected chi connectivity index (χ3v) is 6.47. The zero-order valence-electron chi connectivity index (χ0n) is 20.4. The first kappa shape index (κ1) is 23.3. The van der Waals surface area contributed by atoms with E-state index in [1.165, 1.54) is 16.7 Å². The average Bonchev–Trinajstić information content (AvgIpc) is 3.22. The predicted molar refractivity (Wildman–Crippen MR) is 142 cm³/mol. The number of aromatic nitrogens is 3. The summed E-state index contributed by atoms with van der Waals surface area (Å²) in [7, 11) is 0. The van der Waals surface area contributed by atoms with Gasteiger partial charge in [0.15, 0.2) is 0 Å². The summed E-state index contributed by atoms with van der Waals surface area (Å²) in [6, 6.07) is 24.2. The first-order valence-corrected chi connectivity index (χ1v) is 11.9. The number of amides is 1. The molecule has 0 spiro atoms. The van der Waals surface area contributed by atoms with Crippen LogP contribution in [0.1, 0.15) is 28.1 Å². The topological polar surface area (TPSA) is 83.0 Å². The average molecular weight is 477 g/mol. The Balaban J connectivity index is 1.51. The van der Waals surface area contributed by atoms with Gasteiger partial charge in [-0.2, -0.15) is 0 Å². The van der Waals surface area contributed by atoms with Gasteiger partial charge in [0.05, 0.1) is 17.5 Å². The molecule has 2 heterocycles. The Morgan fingerprint density at radius 2 is 1.64 bits per heavy atom. The highest BCUT2D eigenvalue weighted by molar-refractivity contribution is 5.83. The number of carbonyl (C=O) groups is 1. The van der Waals surface area contributed by atoms with Crippen molar-refractivity contribution in [2.75, 3.05) is 0 Å². The largest absolute Gasteiger partial charge is 0.486 e. The molecular weight excluding hydrogens is 448 g/mol. The maximum Gasteiger partial charge on any atom is 0.221 e. The number of nitrogens with two attached hydrogens (primary N) is 1. The molecule has 1 amide bonds. The van der Waals surface area contributed by atoms with E-state index in [0.717, 1.165) is 33.5 Å². The minimum atomic E-state index is -0.352. The highest BCUT2D eigenvalue weighted by Crippen LogP contribution is 2.27. The van der Waals surface area contributed by atoms with Crippen molar-refractivity contribution in [2.24, 2.45) is 5.73 Å². The van der Waals surface area contributed by atoms with Gasteiger partial charge in [0, 0.05) is 18.9 Å². The fourth-order valence-corrected chi connectivity index (χ4v) is 4.49. The van der Waals surface area contributed by atoms with Crippen molar-refractivity contribution in [3.05, 3.63) is 113 Å². The first-order chi connectivity index (χ1) is 17.5. The fourth-order valence-electron chi connectivity index (χ4n) is 4.49. The number of hydrogen-bond donors (Lipinski definition) is 1. The van der Waals surface area contributed by atoms with E-state index < -0.39 is 0 Å². The van der Waals surface area contributed by atoms with Gasteiger partial charge in [-0.3, -0.25) is 9.78 Å². The van der Waals surface area contributed by atoms with E-state index in [1.807, 2.05) is 48.8 Å². The molecule has 5 rings (SSSR count). The number of ether oxygens (including phenoxy) is 1. The predicted octanol–water partition coefficient (Wildman–Crippen LogP) is 5.37. The van der Waals surface area contributed by atoms with Crippen molar-refractivity contribution in [1.29, 1.82) is 0 Å². The van der Waals surface area contributed by atoms with Crippen molar-refractivity contribution in [3.8, 4) is 16.9 Å². The second kappa shape index (κ2) is 10.0. The lowest BCUT2D eigenvalue weighted by Crippen LogP contribution is -2.13. The molecule has 2 N–H and O–H groups in total. The molecule has 0 unspecified atom stereocenters. The number of fused-ring (bicyclic) bond motifs is 1. The van der Waals surface area contributed by atoms with Crippen LogP contribution in [-0.4, -0.2) is 20.4 Å². The van der Waals surface area contributed by atoms with Crippen LogP contribution in [0.5, 0.6) is 5.75 Å². The summed E-state index contributed by atoms with van der Waals surface area (Å²) in [5.41, 5.74) is 14.1. The monoisotopic (exact) mass is 476 g/mol. The second-order valence-corrected chi connectivity index (χ2v) is 9.00. The minimum absolute atomic E-state index is 0.214. The molecule has 5 aromatic rings. The molecule has 6 heteroatoms. The van der Waals surface area contributed by atoms with Gasteiger partial charge in [-0.05, 0) is 83.6 Å². The lowest BCUT2D eigenvalue weighted by molar-refractivity contribution is -0.117. The van der Waals surface area contributed by atoms with Gasteiger partial charge >= 0.3 is 0 Å². The summed E-state index contributed by atoms with van der Waals surface area (Å²) in [6.07, 6.45) is 3.83. The standard InChI is InChI=1S/C30H28N4O2/c1-20-4-3-5-21(2)26(20)18-34-28-17-24(23-12-14-32-15-13-23)8-11-27(28)33-30(34)19-36-25-9-6-22(7-10-25)16-29(31)35/h3-15,17H,16,18-19H2,1-2H3,(H2,31,35). The molecule has 180 valence electrons. The Bertz CT molecular complexity index is 1500. The number of rotatable bonds is 8. The van der Waals surface area contributed by atoms with Crippen LogP contribution in [0.3, 0.4) is 0 Å². The fraction of sp³-hybridized carbons (Fsp3) is 0.167. The highest BCUT2D eigenvalue weighted by Gasteiger charge is 2.15. The van der Waals surface area contributed by atoms with E-state index in [9.17, 15) is 4.79 Å². The summed E-state index contributed by atoms with van der Waals surface area (Å²) >= 11 is 0. The van der Waals surface area contributed by atoms with E-state index >= 15 is 0 Å². The molecule has 0 bridgehead atoms. The van der Waals surface area contributed by atoms with Crippen molar-refractivity contribution >= 4 is 16.9 Å². The molecule has 0 aliphatic heterocycles. The van der Waals surface area contributed by atoms with Gasteiger partial charge in [0.1, 0.15) is 18.2 Å². The van der Waals surface area contributed by atoms with Crippen LogP contribution in [0.25, 0.3) is 22.2 Å². The maximum absolute atomic E-state index is 11.2. The number of carbonyl (C=O) groups excluding carboxylic acids is 1. The first-order valence-electron chi connectivity index (χ1n) is 11.9. The Morgan fingerprint density at radius 3 is 2.33 bits per heavy atom. The molecule has 0 aliphatic rings. The van der Waals surface area contributed by atoms with E-state index in [1.54, 1.807) is 0 Å². The van der Waals surface area contributed by atoms with Crippen molar-refractivity contribution in [3.63, 3.8) is 0 Å². The SMILES string of the molecule is Cc1cccc(C)c1Cn1c(COc2ccc(CC(N)=O)cc2)nc2ccc(-c3ccncc3)cc21. The summed E-state index contributed by atoms with van der Waals surface area (Å²) < 4.78 is 8.37. The minimum Gasteiger partial charge on any atom is -0.486 e. The third kappa shape index (κ3) is 4.98. The number of aryl methyl sites for hydroxylation is 2. The van der Waals surface area contributed by atoms with Crippen LogP contribution in [-0.2, 0) is 24.4 Å². The molecule has 3 aromatic carbocycles. The second-order valence-electron chi connectivity index (χ2n) is 9.00. The summed E-state index contributed by atoms with van der Waals surface area (Å²) in [4.78, 5) is 20.3. The zero-order valence-corrected chi connectivity index (χ0v) is 20.4. The number of imidazole rings is 1. The van der Waals surface area contributed by atoms with Gasteiger partial charge in [-0.15, -0.1) is 0 Å². The number of benzene rings is 3. The lowest BCUT2D eigenvalue weighted by atomic mass is 10.0. The van der Waals surface area contributed by atoms with Gasteiger partial charge in [-0.25, -0.2) is 4.98 Å². The molecule has 0 aliphatic carbocycles. The quantitative estimate of drug-likeness (QED) is 0.326. The van der Waals surface area contributed by atoms with Gasteiger partial charge in [-0.1, -0.05) is 36.4 Å². The Morgan fingerprint density at radius 1 is 0.917 bits per heavy atom. The lowest BCUT2D eigenvalue weighted by Gasteiger charge is -2.15. The maximum atomic E-state index is 11.2. The summed E-state index contributed by atoms with van der Waals surface area (Å²) in [5, 5.41) is 0. The zero-order chi connectivity index (χ0) is 25.1. The number of hydrogen-bond acceptors (Lipinski definition) is 4. The Labute approximate surface area is 210 Å². The molecule has 0 radical (unpaired) electrons. The van der Waals surface area contributed by atoms with Crippen LogP contribution in [0.2, 0.25) is 0 Å². The summed E-state index contributed by atoms with van der Waals surface area (Å²) in [5.74, 6) is 1.21. The molecule has 0 fully saturated rings. The van der Waals surface area contributed by atoms with E-state index in [0.29, 0.717) is 18.9 Å². The van der Waals surface area contributed by atoms with Crippen LogP contribution >= 0.6 is 0 Å². The molecule has 2 aromatic heterocycles. The van der Waals surface area contributed by atoms with E-state index in [4.69, 9.17) is 15.5 Å². The van der Waals surface area contributed by atoms with Crippen molar-refractivity contribution < 1.29 is 9.53 Å². The smallest absolute Gasteiger partial charge is 0.221 e. The van der Waals surface area contributed by atoms with Gasteiger partial charge < -0.3 is 15.0 Å². The number of primary amides is 1. The van der Waals surface area contributed by atoms with Gasteiger partial charge in [0.2, 0.25) is 5.91 Å². The van der Waals surface area contributed by atoms with Crippen LogP contribution in [0, 0.1) is 13.8 Å². The van der Waals surface area contributed by atoms with Crippen LogP contribution in [0.4, 0.5) is 0 Å². The van der Waals surface area contributed by atoms with Crippen molar-refractivity contribution in [1.82, 2.24) is 14.5 Å².